The van der Waals surface area contributed by atoms with Gasteiger partial charge < -0.3 is 5.32 Å². The van der Waals surface area contributed by atoms with Crippen molar-refractivity contribution < 1.29 is 14.4 Å². The summed E-state index contributed by atoms with van der Waals surface area (Å²) in [6.45, 7) is 0.239. The van der Waals surface area contributed by atoms with Crippen LogP contribution in [0.2, 0.25) is 5.02 Å². The highest BCUT2D eigenvalue weighted by molar-refractivity contribution is 7.99. The zero-order valence-corrected chi connectivity index (χ0v) is 16.7. The quantitative estimate of drug-likeness (QED) is 0.749. The maximum Gasteiger partial charge on any atom is 0.261 e. The Hall–Kier alpha value is -2.31. The lowest BCUT2D eigenvalue weighted by Crippen LogP contribution is -2.33. The van der Waals surface area contributed by atoms with E-state index < -0.39 is 0 Å². The molecule has 1 atom stereocenters. The fourth-order valence-electron chi connectivity index (χ4n) is 3.62. The summed E-state index contributed by atoms with van der Waals surface area (Å²) >= 11 is 7.87. The molecule has 0 saturated carbocycles. The number of amides is 3. The van der Waals surface area contributed by atoms with Crippen LogP contribution < -0.4 is 5.32 Å². The van der Waals surface area contributed by atoms with Crippen LogP contribution in [0.1, 0.15) is 51.6 Å². The molecule has 0 aromatic heterocycles. The van der Waals surface area contributed by atoms with E-state index in [1.54, 1.807) is 36.0 Å². The molecule has 4 rings (SSSR count). The number of nitrogens with one attached hydrogen (secondary N) is 1. The molecule has 1 N–H and O–H groups in total. The molecule has 1 unspecified atom stereocenters. The molecule has 3 amide bonds. The molecule has 144 valence electrons. The molecule has 0 bridgehead atoms. The molecule has 0 saturated heterocycles. The summed E-state index contributed by atoms with van der Waals surface area (Å²) in [4.78, 5) is 39.5. The summed E-state index contributed by atoms with van der Waals surface area (Å²) in [6.07, 6.45) is 1.54. The van der Waals surface area contributed by atoms with Crippen molar-refractivity contribution in [3.63, 3.8) is 0 Å². The van der Waals surface area contributed by atoms with Gasteiger partial charge in [-0.25, -0.2) is 0 Å². The minimum Gasteiger partial charge on any atom is -0.349 e. The van der Waals surface area contributed by atoms with Gasteiger partial charge in [0.2, 0.25) is 5.91 Å². The average Bonchev–Trinajstić information content (AvgIpc) is 2.94. The van der Waals surface area contributed by atoms with Crippen LogP contribution in [0.4, 0.5) is 0 Å². The third-order valence-electron chi connectivity index (χ3n) is 5.01. The molecule has 28 heavy (non-hydrogen) atoms. The fourth-order valence-corrected chi connectivity index (χ4v) is 4.91. The number of rotatable bonds is 5. The molecule has 0 spiro atoms. The highest BCUT2D eigenvalue weighted by atomic mass is 35.5. The van der Waals surface area contributed by atoms with Crippen LogP contribution in [0, 0.1) is 0 Å². The van der Waals surface area contributed by atoms with Crippen LogP contribution in [-0.2, 0) is 4.79 Å². The molecule has 0 aliphatic carbocycles. The Balaban J connectivity index is 1.33. The number of benzene rings is 2. The van der Waals surface area contributed by atoms with Gasteiger partial charge in [-0.15, -0.1) is 11.8 Å². The van der Waals surface area contributed by atoms with E-state index in [-0.39, 0.29) is 36.7 Å². The maximum atomic E-state index is 12.4. The first-order valence-corrected chi connectivity index (χ1v) is 10.6. The van der Waals surface area contributed by atoms with Gasteiger partial charge in [-0.3, -0.25) is 19.3 Å². The normalized spacial score (nSPS) is 18.0. The van der Waals surface area contributed by atoms with E-state index in [0.29, 0.717) is 22.6 Å². The largest absolute Gasteiger partial charge is 0.349 e. The molecule has 2 aliphatic rings. The second kappa shape index (κ2) is 7.97. The van der Waals surface area contributed by atoms with Gasteiger partial charge in [0, 0.05) is 28.6 Å². The summed E-state index contributed by atoms with van der Waals surface area (Å²) in [5, 5.41) is 3.73. The second-order valence-corrected chi connectivity index (χ2v) is 8.42. The van der Waals surface area contributed by atoms with Crippen molar-refractivity contribution in [2.75, 3.05) is 12.3 Å². The van der Waals surface area contributed by atoms with Gasteiger partial charge in [-0.05, 0) is 48.7 Å². The number of thioether (sulfide) groups is 1. The Kier molecular flexibility index (Phi) is 5.42. The zero-order chi connectivity index (χ0) is 19.7. The predicted octanol–water partition coefficient (Wildman–Crippen LogP) is 4.07. The third kappa shape index (κ3) is 3.66. The predicted molar refractivity (Wildman–Crippen MR) is 109 cm³/mol. The Morgan fingerprint density at radius 3 is 2.57 bits per heavy atom. The monoisotopic (exact) mass is 414 g/mol. The second-order valence-electron chi connectivity index (χ2n) is 6.85. The maximum absolute atomic E-state index is 12.4. The summed E-state index contributed by atoms with van der Waals surface area (Å²) in [5.41, 5.74) is 1.92. The van der Waals surface area contributed by atoms with Crippen molar-refractivity contribution in [3.8, 4) is 0 Å². The van der Waals surface area contributed by atoms with Crippen LogP contribution in [-0.4, -0.2) is 34.9 Å². The smallest absolute Gasteiger partial charge is 0.261 e. The zero-order valence-electron chi connectivity index (χ0n) is 15.1. The van der Waals surface area contributed by atoms with Crippen LogP contribution in [0.15, 0.2) is 47.4 Å². The van der Waals surface area contributed by atoms with Crippen molar-refractivity contribution in [1.29, 1.82) is 0 Å². The van der Waals surface area contributed by atoms with E-state index in [1.165, 1.54) is 4.90 Å². The van der Waals surface area contributed by atoms with Crippen molar-refractivity contribution in [2.45, 2.75) is 30.2 Å². The number of hydrogen-bond donors (Lipinski definition) is 1. The van der Waals surface area contributed by atoms with E-state index in [4.69, 9.17) is 11.6 Å². The van der Waals surface area contributed by atoms with E-state index >= 15 is 0 Å². The third-order valence-corrected chi connectivity index (χ3v) is 6.37. The number of hydrogen-bond acceptors (Lipinski definition) is 4. The highest BCUT2D eigenvalue weighted by Crippen LogP contribution is 2.37. The van der Waals surface area contributed by atoms with Gasteiger partial charge in [-0.1, -0.05) is 23.7 Å². The van der Waals surface area contributed by atoms with E-state index in [0.717, 1.165) is 22.6 Å². The van der Waals surface area contributed by atoms with Crippen LogP contribution in [0.3, 0.4) is 0 Å². The summed E-state index contributed by atoms with van der Waals surface area (Å²) in [5.74, 6) is 0.288. The van der Waals surface area contributed by atoms with Gasteiger partial charge in [-0.2, -0.15) is 0 Å². The lowest BCUT2D eigenvalue weighted by Gasteiger charge is -2.26. The molecule has 0 radical (unpaired) electrons. The summed E-state index contributed by atoms with van der Waals surface area (Å²) in [7, 11) is 0. The standard InChI is InChI=1S/C21H19ClN2O3S/c22-13-7-8-18-16(12-13)17(9-11-28-18)23-19(25)6-3-10-24-20(26)14-4-1-2-5-15(14)21(24)27/h1-2,4-5,7-8,12,17H,3,6,9-11H2,(H,23,25). The number of imide groups is 1. The SMILES string of the molecule is O=C(CCCN1C(=O)c2ccccc2C1=O)NC1CCSc2ccc(Cl)cc21. The number of halogens is 1. The van der Waals surface area contributed by atoms with Gasteiger partial charge in [0.15, 0.2) is 0 Å². The van der Waals surface area contributed by atoms with E-state index in [9.17, 15) is 14.4 Å². The van der Waals surface area contributed by atoms with Gasteiger partial charge in [0.1, 0.15) is 0 Å². The fraction of sp³-hybridized carbons (Fsp3) is 0.286. The number of carbonyl (C=O) groups is 3. The molecule has 0 fully saturated rings. The van der Waals surface area contributed by atoms with Crippen LogP contribution >= 0.6 is 23.4 Å². The van der Waals surface area contributed by atoms with Crippen molar-refractivity contribution in [3.05, 3.63) is 64.2 Å². The Morgan fingerprint density at radius 1 is 1.14 bits per heavy atom. The topological polar surface area (TPSA) is 66.5 Å². The average molecular weight is 415 g/mol. The summed E-state index contributed by atoms with van der Waals surface area (Å²) < 4.78 is 0. The first-order valence-electron chi connectivity index (χ1n) is 9.21. The first-order chi connectivity index (χ1) is 13.5. The van der Waals surface area contributed by atoms with Gasteiger partial charge >= 0.3 is 0 Å². The Labute approximate surface area is 172 Å². The molecule has 7 heteroatoms. The number of carbonyl (C=O) groups excluding carboxylic acids is 3. The van der Waals surface area contributed by atoms with Crippen LogP contribution in [0.25, 0.3) is 0 Å². The number of fused-ring (bicyclic) bond motifs is 2. The minimum atomic E-state index is -0.283. The Bertz CT molecular complexity index is 927. The molecule has 5 nitrogen and oxygen atoms in total. The van der Waals surface area contributed by atoms with Crippen LogP contribution in [0.5, 0.6) is 0 Å². The summed E-state index contributed by atoms with van der Waals surface area (Å²) in [6, 6.07) is 12.5. The van der Waals surface area contributed by atoms with Crippen molar-refractivity contribution >= 4 is 41.1 Å². The molecule has 2 aromatic carbocycles. The molecular formula is C21H19ClN2O3S. The van der Waals surface area contributed by atoms with Gasteiger partial charge in [0.25, 0.3) is 11.8 Å². The molecule has 2 aromatic rings. The van der Waals surface area contributed by atoms with E-state index in [2.05, 4.69) is 5.32 Å². The lowest BCUT2D eigenvalue weighted by atomic mass is 10.0. The molecule has 2 heterocycles. The number of nitrogens with zero attached hydrogens (tertiary/aromatic N) is 1. The molecule has 2 aliphatic heterocycles. The van der Waals surface area contributed by atoms with Gasteiger partial charge in [0.05, 0.1) is 17.2 Å². The molecular weight excluding hydrogens is 396 g/mol. The van der Waals surface area contributed by atoms with Crippen molar-refractivity contribution in [2.24, 2.45) is 0 Å². The highest BCUT2D eigenvalue weighted by Gasteiger charge is 2.34. The minimum absolute atomic E-state index is 0.0539. The Morgan fingerprint density at radius 2 is 1.86 bits per heavy atom. The first kappa shape index (κ1) is 19.0. The van der Waals surface area contributed by atoms with E-state index in [1.807, 2.05) is 18.2 Å². The van der Waals surface area contributed by atoms with Crippen molar-refractivity contribution in [1.82, 2.24) is 10.2 Å². The lowest BCUT2D eigenvalue weighted by molar-refractivity contribution is -0.122.